The minimum absolute atomic E-state index is 0.373. The van der Waals surface area contributed by atoms with Crippen LogP contribution in [0, 0.1) is 17.3 Å². The summed E-state index contributed by atoms with van der Waals surface area (Å²) in [6, 6.07) is 0.373. The van der Waals surface area contributed by atoms with Gasteiger partial charge < -0.3 is 5.73 Å². The number of aromatic nitrogens is 1. The second kappa shape index (κ2) is 5.07. The van der Waals surface area contributed by atoms with Crippen molar-refractivity contribution in [3.63, 3.8) is 0 Å². The first-order valence-electron chi connectivity index (χ1n) is 6.61. The molecule has 0 aliphatic heterocycles. The van der Waals surface area contributed by atoms with Gasteiger partial charge in [-0.1, -0.05) is 20.8 Å². The molecule has 17 heavy (non-hydrogen) atoms. The SMILES string of the molecule is CC(C)(C)C1CCC(N)C(Cc2nccs2)C1. The molecule has 2 N–H and O–H groups in total. The zero-order chi connectivity index (χ0) is 12.5. The average molecular weight is 252 g/mol. The quantitative estimate of drug-likeness (QED) is 0.875. The Balaban J connectivity index is 2.00. The number of hydrogen-bond acceptors (Lipinski definition) is 3. The molecule has 1 saturated carbocycles. The summed E-state index contributed by atoms with van der Waals surface area (Å²) < 4.78 is 0. The smallest absolute Gasteiger partial charge is 0.0928 e. The Labute approximate surface area is 109 Å². The normalized spacial score (nSPS) is 30.5. The lowest BCUT2D eigenvalue weighted by Crippen LogP contribution is -2.40. The molecule has 1 aromatic heterocycles. The van der Waals surface area contributed by atoms with Crippen LogP contribution in [-0.4, -0.2) is 11.0 Å². The molecule has 0 spiro atoms. The Morgan fingerprint density at radius 2 is 2.18 bits per heavy atom. The van der Waals surface area contributed by atoms with Crippen LogP contribution in [0.25, 0.3) is 0 Å². The summed E-state index contributed by atoms with van der Waals surface area (Å²) in [7, 11) is 0. The Morgan fingerprint density at radius 1 is 1.41 bits per heavy atom. The summed E-state index contributed by atoms with van der Waals surface area (Å²) in [6.07, 6.45) is 6.71. The van der Waals surface area contributed by atoms with Crippen molar-refractivity contribution in [3.05, 3.63) is 16.6 Å². The van der Waals surface area contributed by atoms with E-state index in [9.17, 15) is 0 Å². The average Bonchev–Trinajstić information content (AvgIpc) is 2.72. The van der Waals surface area contributed by atoms with Gasteiger partial charge >= 0.3 is 0 Å². The molecule has 2 rings (SSSR count). The van der Waals surface area contributed by atoms with Crippen LogP contribution in [0.15, 0.2) is 11.6 Å². The molecular weight excluding hydrogens is 228 g/mol. The molecule has 3 heteroatoms. The minimum Gasteiger partial charge on any atom is -0.327 e. The minimum atomic E-state index is 0.373. The van der Waals surface area contributed by atoms with Crippen LogP contribution in [0.3, 0.4) is 0 Å². The molecule has 1 fully saturated rings. The summed E-state index contributed by atoms with van der Waals surface area (Å²) >= 11 is 1.76. The maximum absolute atomic E-state index is 6.28. The lowest BCUT2D eigenvalue weighted by Gasteiger charge is -2.40. The number of hydrogen-bond donors (Lipinski definition) is 1. The van der Waals surface area contributed by atoms with Crippen LogP contribution in [0.5, 0.6) is 0 Å². The van der Waals surface area contributed by atoms with Crippen LogP contribution in [0.1, 0.15) is 45.0 Å². The molecule has 0 radical (unpaired) electrons. The monoisotopic (exact) mass is 252 g/mol. The molecule has 1 heterocycles. The van der Waals surface area contributed by atoms with Crippen molar-refractivity contribution in [2.24, 2.45) is 23.0 Å². The first kappa shape index (κ1) is 13.0. The highest BCUT2D eigenvalue weighted by atomic mass is 32.1. The van der Waals surface area contributed by atoms with Gasteiger partial charge in [0.05, 0.1) is 5.01 Å². The van der Waals surface area contributed by atoms with Crippen LogP contribution in [0.2, 0.25) is 0 Å². The van der Waals surface area contributed by atoms with Gasteiger partial charge in [-0.25, -0.2) is 4.98 Å². The van der Waals surface area contributed by atoms with Crippen LogP contribution in [0.4, 0.5) is 0 Å². The Morgan fingerprint density at radius 3 is 2.76 bits per heavy atom. The molecule has 1 aliphatic rings. The predicted molar refractivity (Wildman–Crippen MR) is 74.1 cm³/mol. The second-order valence-electron chi connectivity index (χ2n) is 6.43. The number of rotatable bonds is 2. The lowest BCUT2D eigenvalue weighted by molar-refractivity contribution is 0.126. The third-order valence-corrected chi connectivity index (χ3v) is 4.99. The van der Waals surface area contributed by atoms with E-state index < -0.39 is 0 Å². The van der Waals surface area contributed by atoms with E-state index in [4.69, 9.17) is 5.73 Å². The number of nitrogens with two attached hydrogens (primary N) is 1. The van der Waals surface area contributed by atoms with E-state index in [1.165, 1.54) is 24.3 Å². The third kappa shape index (κ3) is 3.29. The highest BCUT2D eigenvalue weighted by Gasteiger charge is 2.34. The fraction of sp³-hybridized carbons (Fsp3) is 0.786. The van der Waals surface area contributed by atoms with Gasteiger partial charge in [0.1, 0.15) is 0 Å². The van der Waals surface area contributed by atoms with Crippen molar-refractivity contribution in [2.45, 2.75) is 52.5 Å². The van der Waals surface area contributed by atoms with Gasteiger partial charge in [-0.2, -0.15) is 0 Å². The van der Waals surface area contributed by atoms with Crippen LogP contribution in [-0.2, 0) is 6.42 Å². The fourth-order valence-electron chi connectivity index (χ4n) is 2.89. The van der Waals surface area contributed by atoms with Crippen molar-refractivity contribution in [1.29, 1.82) is 0 Å². The first-order chi connectivity index (χ1) is 7.97. The third-order valence-electron chi connectivity index (χ3n) is 4.19. The largest absolute Gasteiger partial charge is 0.327 e. The zero-order valence-corrected chi connectivity index (χ0v) is 12.0. The molecule has 0 bridgehead atoms. The standard InChI is InChI=1S/C14H24N2S/c1-14(2,3)11-4-5-12(15)10(8-11)9-13-16-6-7-17-13/h6-7,10-12H,4-5,8-9,15H2,1-3H3. The summed E-state index contributed by atoms with van der Waals surface area (Å²) in [4.78, 5) is 4.39. The molecule has 2 nitrogen and oxygen atoms in total. The maximum atomic E-state index is 6.28. The van der Waals surface area contributed by atoms with E-state index in [0.29, 0.717) is 17.4 Å². The molecule has 0 aromatic carbocycles. The molecule has 3 atom stereocenters. The van der Waals surface area contributed by atoms with Gasteiger partial charge in [0, 0.05) is 24.0 Å². The first-order valence-corrected chi connectivity index (χ1v) is 7.48. The molecule has 0 amide bonds. The van der Waals surface area contributed by atoms with Crippen molar-refractivity contribution < 1.29 is 0 Å². The highest BCUT2D eigenvalue weighted by molar-refractivity contribution is 7.09. The van der Waals surface area contributed by atoms with Crippen molar-refractivity contribution in [3.8, 4) is 0 Å². The van der Waals surface area contributed by atoms with Crippen LogP contribution < -0.4 is 5.73 Å². The van der Waals surface area contributed by atoms with Gasteiger partial charge in [-0.3, -0.25) is 0 Å². The highest BCUT2D eigenvalue weighted by Crippen LogP contribution is 2.40. The van der Waals surface area contributed by atoms with Gasteiger partial charge in [0.15, 0.2) is 0 Å². The predicted octanol–water partition coefficient (Wildman–Crippen LogP) is 3.48. The number of thiazole rings is 1. The van der Waals surface area contributed by atoms with E-state index >= 15 is 0 Å². The molecule has 3 unspecified atom stereocenters. The topological polar surface area (TPSA) is 38.9 Å². The van der Waals surface area contributed by atoms with Crippen molar-refractivity contribution in [2.75, 3.05) is 0 Å². The Hall–Kier alpha value is -0.410. The Bertz CT molecular complexity index is 340. The summed E-state index contributed by atoms with van der Waals surface area (Å²) in [5.41, 5.74) is 6.70. The molecular formula is C14H24N2S. The fourth-order valence-corrected chi connectivity index (χ4v) is 3.60. The van der Waals surface area contributed by atoms with E-state index in [-0.39, 0.29) is 0 Å². The Kier molecular flexibility index (Phi) is 3.88. The van der Waals surface area contributed by atoms with Gasteiger partial charge in [0.25, 0.3) is 0 Å². The summed E-state index contributed by atoms with van der Waals surface area (Å²) in [5, 5.41) is 3.31. The zero-order valence-electron chi connectivity index (χ0n) is 11.1. The van der Waals surface area contributed by atoms with Gasteiger partial charge in [0.2, 0.25) is 0 Å². The van der Waals surface area contributed by atoms with Crippen LogP contribution >= 0.6 is 11.3 Å². The lowest BCUT2D eigenvalue weighted by atomic mass is 9.67. The van der Waals surface area contributed by atoms with Crippen molar-refractivity contribution in [1.82, 2.24) is 4.98 Å². The molecule has 1 aromatic rings. The van der Waals surface area contributed by atoms with Gasteiger partial charge in [-0.05, 0) is 36.5 Å². The second-order valence-corrected chi connectivity index (χ2v) is 7.41. The maximum Gasteiger partial charge on any atom is 0.0928 e. The van der Waals surface area contributed by atoms with Gasteiger partial charge in [-0.15, -0.1) is 11.3 Å². The molecule has 1 aliphatic carbocycles. The number of nitrogens with zero attached hydrogens (tertiary/aromatic N) is 1. The van der Waals surface area contributed by atoms with E-state index in [1.807, 2.05) is 6.20 Å². The van der Waals surface area contributed by atoms with E-state index in [1.54, 1.807) is 11.3 Å². The molecule has 0 saturated heterocycles. The summed E-state index contributed by atoms with van der Waals surface area (Å²) in [5.74, 6) is 1.44. The van der Waals surface area contributed by atoms with Crippen molar-refractivity contribution >= 4 is 11.3 Å². The molecule has 96 valence electrons. The summed E-state index contributed by atoms with van der Waals surface area (Å²) in [6.45, 7) is 7.07. The van der Waals surface area contributed by atoms with E-state index in [2.05, 4.69) is 31.1 Å². The van der Waals surface area contributed by atoms with E-state index in [0.717, 1.165) is 12.3 Å².